The molecule has 0 spiro atoms. The lowest BCUT2D eigenvalue weighted by atomic mass is 10.3. The standard InChI is InChI=1S/C7H3Br2NO/c8-5-1-2-7(11-4-10)6(9)3-5/h1-3H. The minimum Gasteiger partial charge on any atom is -0.387 e. The van der Waals surface area contributed by atoms with E-state index in [2.05, 4.69) is 36.6 Å². The van der Waals surface area contributed by atoms with Gasteiger partial charge in [0.15, 0.2) is 5.75 Å². The zero-order valence-corrected chi connectivity index (χ0v) is 8.52. The molecule has 0 aliphatic carbocycles. The zero-order chi connectivity index (χ0) is 8.27. The summed E-state index contributed by atoms with van der Waals surface area (Å²) in [5.41, 5.74) is 0. The molecule has 11 heavy (non-hydrogen) atoms. The van der Waals surface area contributed by atoms with E-state index in [1.807, 2.05) is 6.07 Å². The fourth-order valence-electron chi connectivity index (χ4n) is 0.607. The normalized spacial score (nSPS) is 8.82. The molecule has 4 heteroatoms. The smallest absolute Gasteiger partial charge is 0.292 e. The van der Waals surface area contributed by atoms with Crippen LogP contribution in [0, 0.1) is 11.5 Å². The van der Waals surface area contributed by atoms with Gasteiger partial charge in [-0.3, -0.25) is 0 Å². The van der Waals surface area contributed by atoms with Crippen LogP contribution in [-0.4, -0.2) is 0 Å². The van der Waals surface area contributed by atoms with Crippen molar-refractivity contribution in [2.45, 2.75) is 0 Å². The number of nitriles is 1. The first-order chi connectivity index (χ1) is 5.24. The molecule has 0 aromatic heterocycles. The molecule has 56 valence electrons. The zero-order valence-electron chi connectivity index (χ0n) is 5.34. The van der Waals surface area contributed by atoms with Crippen molar-refractivity contribution in [3.05, 3.63) is 27.1 Å². The highest BCUT2D eigenvalue weighted by Gasteiger charge is 1.99. The Labute approximate surface area is 81.0 Å². The Kier molecular flexibility index (Phi) is 2.92. The highest BCUT2D eigenvalue weighted by Crippen LogP contribution is 2.27. The Balaban J connectivity index is 3.01. The number of nitrogens with zero attached hydrogens (tertiary/aromatic N) is 1. The maximum Gasteiger partial charge on any atom is 0.292 e. The van der Waals surface area contributed by atoms with Gasteiger partial charge in [0.1, 0.15) is 0 Å². The summed E-state index contributed by atoms with van der Waals surface area (Å²) < 4.78 is 6.33. The molecule has 0 N–H and O–H groups in total. The molecule has 1 rings (SSSR count). The van der Waals surface area contributed by atoms with Crippen molar-refractivity contribution in [1.82, 2.24) is 0 Å². The maximum absolute atomic E-state index is 8.21. The van der Waals surface area contributed by atoms with Crippen molar-refractivity contribution in [2.75, 3.05) is 0 Å². The molecule has 0 radical (unpaired) electrons. The van der Waals surface area contributed by atoms with Gasteiger partial charge < -0.3 is 4.74 Å². The average Bonchev–Trinajstić information content (AvgIpc) is 1.95. The Bertz CT molecular complexity index is 306. The third-order valence-electron chi connectivity index (χ3n) is 1.05. The van der Waals surface area contributed by atoms with Crippen molar-refractivity contribution in [2.24, 2.45) is 0 Å². The molecule has 0 bridgehead atoms. The van der Waals surface area contributed by atoms with E-state index in [9.17, 15) is 0 Å². The molecule has 0 aliphatic heterocycles. The number of hydrogen-bond acceptors (Lipinski definition) is 2. The largest absolute Gasteiger partial charge is 0.387 e. The maximum atomic E-state index is 8.21. The van der Waals surface area contributed by atoms with Crippen molar-refractivity contribution < 1.29 is 4.74 Å². The highest BCUT2D eigenvalue weighted by atomic mass is 79.9. The van der Waals surface area contributed by atoms with Crippen LogP contribution in [0.25, 0.3) is 0 Å². The highest BCUT2D eigenvalue weighted by molar-refractivity contribution is 9.11. The first kappa shape index (κ1) is 8.57. The lowest BCUT2D eigenvalue weighted by Crippen LogP contribution is -1.82. The first-order valence-corrected chi connectivity index (χ1v) is 4.33. The van der Waals surface area contributed by atoms with Crippen LogP contribution in [0.1, 0.15) is 0 Å². The molecular weight excluding hydrogens is 274 g/mol. The number of ether oxygens (including phenoxy) is 1. The van der Waals surface area contributed by atoms with Crippen LogP contribution in [0.5, 0.6) is 5.75 Å². The average molecular weight is 277 g/mol. The first-order valence-electron chi connectivity index (χ1n) is 2.75. The Morgan fingerprint density at radius 1 is 1.36 bits per heavy atom. The van der Waals surface area contributed by atoms with Gasteiger partial charge in [0, 0.05) is 4.47 Å². The molecule has 0 unspecified atom stereocenters. The van der Waals surface area contributed by atoms with Crippen molar-refractivity contribution in [3.8, 4) is 12.0 Å². The summed E-state index contributed by atoms with van der Waals surface area (Å²) in [5, 5.41) is 8.21. The molecule has 0 aliphatic rings. The van der Waals surface area contributed by atoms with Gasteiger partial charge in [-0.2, -0.15) is 0 Å². The summed E-state index contributed by atoms with van der Waals surface area (Å²) in [6.45, 7) is 0. The lowest BCUT2D eigenvalue weighted by molar-refractivity contribution is 0.504. The predicted octanol–water partition coefficient (Wildman–Crippen LogP) is 3.07. The molecule has 1 aromatic rings. The predicted molar refractivity (Wildman–Crippen MR) is 48.1 cm³/mol. The van der Waals surface area contributed by atoms with Crippen LogP contribution in [0.3, 0.4) is 0 Å². The van der Waals surface area contributed by atoms with Crippen LogP contribution in [-0.2, 0) is 0 Å². The molecule has 0 amide bonds. The Morgan fingerprint density at radius 2 is 2.09 bits per heavy atom. The van der Waals surface area contributed by atoms with Crippen LogP contribution >= 0.6 is 31.9 Å². The monoisotopic (exact) mass is 275 g/mol. The van der Waals surface area contributed by atoms with Crippen molar-refractivity contribution in [3.63, 3.8) is 0 Å². The second-order valence-electron chi connectivity index (χ2n) is 1.77. The molecule has 0 saturated carbocycles. The summed E-state index contributed by atoms with van der Waals surface area (Å²) in [6.07, 6.45) is 1.60. The van der Waals surface area contributed by atoms with Gasteiger partial charge in [0.2, 0.25) is 0 Å². The second kappa shape index (κ2) is 3.74. The van der Waals surface area contributed by atoms with E-state index < -0.39 is 0 Å². The van der Waals surface area contributed by atoms with Gasteiger partial charge in [0.25, 0.3) is 6.26 Å². The second-order valence-corrected chi connectivity index (χ2v) is 3.54. The van der Waals surface area contributed by atoms with Gasteiger partial charge >= 0.3 is 0 Å². The number of benzene rings is 1. The molecule has 2 nitrogen and oxygen atoms in total. The van der Waals surface area contributed by atoms with Crippen LogP contribution in [0.15, 0.2) is 27.1 Å². The van der Waals surface area contributed by atoms with E-state index in [1.165, 1.54) is 0 Å². The van der Waals surface area contributed by atoms with E-state index in [1.54, 1.807) is 18.4 Å². The van der Waals surface area contributed by atoms with Gasteiger partial charge in [0.05, 0.1) is 4.47 Å². The minimum atomic E-state index is 0.524. The molecule has 0 saturated heterocycles. The summed E-state index contributed by atoms with van der Waals surface area (Å²) in [6, 6.07) is 5.32. The fraction of sp³-hybridized carbons (Fsp3) is 0. The van der Waals surface area contributed by atoms with E-state index in [0.717, 1.165) is 8.95 Å². The van der Waals surface area contributed by atoms with Crippen LogP contribution in [0.4, 0.5) is 0 Å². The Hall–Kier alpha value is -0.530. The summed E-state index contributed by atoms with van der Waals surface area (Å²) in [5.74, 6) is 0.524. The van der Waals surface area contributed by atoms with Crippen molar-refractivity contribution in [1.29, 1.82) is 5.26 Å². The van der Waals surface area contributed by atoms with Gasteiger partial charge in [-0.1, -0.05) is 15.9 Å². The third-order valence-corrected chi connectivity index (χ3v) is 2.16. The number of hydrogen-bond donors (Lipinski definition) is 0. The van der Waals surface area contributed by atoms with Gasteiger partial charge in [-0.15, -0.1) is 5.26 Å². The summed E-state index contributed by atoms with van der Waals surface area (Å²) in [4.78, 5) is 0. The lowest BCUT2D eigenvalue weighted by Gasteiger charge is -1.98. The van der Waals surface area contributed by atoms with Crippen LogP contribution in [0.2, 0.25) is 0 Å². The van der Waals surface area contributed by atoms with E-state index in [0.29, 0.717) is 5.75 Å². The fourth-order valence-corrected chi connectivity index (χ4v) is 1.74. The van der Waals surface area contributed by atoms with E-state index >= 15 is 0 Å². The SMILES string of the molecule is N#COc1ccc(Br)cc1Br. The summed E-state index contributed by atoms with van der Waals surface area (Å²) >= 11 is 6.52. The van der Waals surface area contributed by atoms with E-state index in [4.69, 9.17) is 5.26 Å². The summed E-state index contributed by atoms with van der Waals surface area (Å²) in [7, 11) is 0. The third kappa shape index (κ3) is 2.21. The molecule has 0 atom stereocenters. The molecule has 0 heterocycles. The van der Waals surface area contributed by atoms with E-state index in [-0.39, 0.29) is 0 Å². The minimum absolute atomic E-state index is 0.524. The van der Waals surface area contributed by atoms with Crippen molar-refractivity contribution >= 4 is 31.9 Å². The quantitative estimate of drug-likeness (QED) is 0.739. The number of rotatable bonds is 1. The molecular formula is C7H3Br2NO. The van der Waals surface area contributed by atoms with Gasteiger partial charge in [-0.25, -0.2) is 0 Å². The van der Waals surface area contributed by atoms with Gasteiger partial charge in [-0.05, 0) is 34.1 Å². The Morgan fingerprint density at radius 3 is 2.64 bits per heavy atom. The topological polar surface area (TPSA) is 33.0 Å². The van der Waals surface area contributed by atoms with Crippen LogP contribution < -0.4 is 4.74 Å². The number of halogens is 2. The molecule has 1 aromatic carbocycles. The molecule has 0 fully saturated rings.